The number of aromatic nitrogens is 3. The highest BCUT2D eigenvalue weighted by Gasteiger charge is 2.17. The molecule has 0 aliphatic rings. The zero-order valence-electron chi connectivity index (χ0n) is 15.3. The number of hydrogen-bond donors (Lipinski definition) is 2. The number of aryl methyl sites for hydroxylation is 1. The fraction of sp³-hybridized carbons (Fsp3) is 0.100. The van der Waals surface area contributed by atoms with Crippen molar-refractivity contribution in [2.24, 2.45) is 0 Å². The lowest BCUT2D eigenvalue weighted by Crippen LogP contribution is -2.39. The van der Waals surface area contributed by atoms with Crippen molar-refractivity contribution in [1.29, 1.82) is 0 Å². The van der Waals surface area contributed by atoms with Crippen LogP contribution in [0.25, 0.3) is 16.5 Å². The third-order valence-electron chi connectivity index (χ3n) is 4.27. The van der Waals surface area contributed by atoms with Crippen LogP contribution in [0.4, 0.5) is 0 Å². The highest BCUT2D eigenvalue weighted by atomic mass is 32.1. The van der Waals surface area contributed by atoms with Gasteiger partial charge in [-0.2, -0.15) is 0 Å². The van der Waals surface area contributed by atoms with E-state index in [0.29, 0.717) is 16.5 Å². The summed E-state index contributed by atoms with van der Waals surface area (Å²) in [6.45, 7) is 2.04. The van der Waals surface area contributed by atoms with E-state index in [2.05, 4.69) is 15.3 Å². The van der Waals surface area contributed by atoms with Crippen molar-refractivity contribution in [1.82, 2.24) is 19.9 Å². The second-order valence-electron chi connectivity index (χ2n) is 6.17. The number of nitrogens with one attached hydrogen (secondary N) is 2. The summed E-state index contributed by atoms with van der Waals surface area (Å²) in [5.41, 5.74) is -0.296. The first kappa shape index (κ1) is 18.6. The van der Waals surface area contributed by atoms with Crippen LogP contribution in [0.5, 0.6) is 0 Å². The molecule has 3 aromatic heterocycles. The van der Waals surface area contributed by atoms with Gasteiger partial charge in [-0.05, 0) is 31.2 Å². The number of rotatable bonds is 5. The van der Waals surface area contributed by atoms with Crippen LogP contribution in [0.3, 0.4) is 0 Å². The van der Waals surface area contributed by atoms with E-state index in [0.717, 1.165) is 21.3 Å². The van der Waals surface area contributed by atoms with Gasteiger partial charge in [-0.25, -0.2) is 14.3 Å². The molecule has 0 radical (unpaired) electrons. The van der Waals surface area contributed by atoms with E-state index in [-0.39, 0.29) is 12.1 Å². The standard InChI is InChI=1S/C20H16N4O4S/c1-12-16(29-18(23-12)15-8-5-9-28-15)11-21-17(25)14-10-22-20(27)24(19(14)26)13-6-3-2-4-7-13/h2-10H,11H2,1H3,(H,21,25)(H,22,27). The van der Waals surface area contributed by atoms with Crippen LogP contribution in [-0.4, -0.2) is 20.4 Å². The summed E-state index contributed by atoms with van der Waals surface area (Å²) in [5.74, 6) is 0.0744. The second kappa shape index (κ2) is 7.72. The van der Waals surface area contributed by atoms with Gasteiger partial charge in [0.2, 0.25) is 0 Å². The maximum atomic E-state index is 12.7. The van der Waals surface area contributed by atoms with E-state index < -0.39 is 17.2 Å². The van der Waals surface area contributed by atoms with Crippen LogP contribution in [0.1, 0.15) is 20.9 Å². The minimum absolute atomic E-state index is 0.151. The highest BCUT2D eigenvalue weighted by molar-refractivity contribution is 7.15. The van der Waals surface area contributed by atoms with Gasteiger partial charge in [-0.3, -0.25) is 9.59 Å². The molecule has 29 heavy (non-hydrogen) atoms. The van der Waals surface area contributed by atoms with Crippen molar-refractivity contribution in [3.8, 4) is 16.5 Å². The first-order valence-corrected chi connectivity index (χ1v) is 9.55. The Balaban J connectivity index is 1.57. The number of amides is 1. The molecule has 0 fully saturated rings. The molecule has 0 atom stereocenters. The summed E-state index contributed by atoms with van der Waals surface area (Å²) in [6, 6.07) is 12.0. The number of carbonyl (C=O) groups excluding carboxylic acids is 1. The summed E-state index contributed by atoms with van der Waals surface area (Å²) in [6.07, 6.45) is 2.70. The molecule has 0 aliphatic carbocycles. The van der Waals surface area contributed by atoms with Crippen LogP contribution >= 0.6 is 11.3 Å². The Morgan fingerprint density at radius 2 is 2.00 bits per heavy atom. The SMILES string of the molecule is Cc1nc(-c2ccco2)sc1CNC(=O)c1c[nH]c(=O)n(-c2ccccc2)c1=O. The average molecular weight is 408 g/mol. The van der Waals surface area contributed by atoms with Crippen LogP contribution in [0.2, 0.25) is 0 Å². The monoisotopic (exact) mass is 408 g/mol. The molecule has 146 valence electrons. The molecule has 0 saturated heterocycles. The minimum Gasteiger partial charge on any atom is -0.462 e. The highest BCUT2D eigenvalue weighted by Crippen LogP contribution is 2.28. The van der Waals surface area contributed by atoms with Gasteiger partial charge in [-0.15, -0.1) is 11.3 Å². The van der Waals surface area contributed by atoms with Crippen molar-refractivity contribution >= 4 is 17.2 Å². The predicted molar refractivity (Wildman–Crippen MR) is 108 cm³/mol. The minimum atomic E-state index is -0.685. The molecule has 4 aromatic rings. The van der Waals surface area contributed by atoms with Crippen molar-refractivity contribution in [3.63, 3.8) is 0 Å². The molecule has 9 heteroatoms. The number of nitrogens with zero attached hydrogens (tertiary/aromatic N) is 2. The average Bonchev–Trinajstić information content (AvgIpc) is 3.37. The molecule has 0 saturated carbocycles. The lowest BCUT2D eigenvalue weighted by atomic mass is 10.2. The Morgan fingerprint density at radius 3 is 2.72 bits per heavy atom. The fourth-order valence-corrected chi connectivity index (χ4v) is 3.77. The third-order valence-corrected chi connectivity index (χ3v) is 5.44. The van der Waals surface area contributed by atoms with Gasteiger partial charge in [-0.1, -0.05) is 18.2 Å². The van der Waals surface area contributed by atoms with Crippen molar-refractivity contribution in [3.05, 3.63) is 91.9 Å². The van der Waals surface area contributed by atoms with E-state index in [9.17, 15) is 14.4 Å². The Bertz CT molecular complexity index is 1270. The molecule has 1 aromatic carbocycles. The predicted octanol–water partition coefficient (Wildman–Crippen LogP) is 2.48. The first-order chi connectivity index (χ1) is 14.0. The maximum absolute atomic E-state index is 12.7. The lowest BCUT2D eigenvalue weighted by molar-refractivity contribution is 0.0949. The van der Waals surface area contributed by atoms with Crippen LogP contribution in [0.15, 0.2) is 68.9 Å². The van der Waals surface area contributed by atoms with Gasteiger partial charge in [0.1, 0.15) is 5.56 Å². The number of furan rings is 1. The maximum Gasteiger partial charge on any atom is 0.333 e. The van der Waals surface area contributed by atoms with Crippen LogP contribution in [0, 0.1) is 6.92 Å². The third kappa shape index (κ3) is 3.67. The van der Waals surface area contributed by atoms with Crippen molar-refractivity contribution in [2.45, 2.75) is 13.5 Å². The van der Waals surface area contributed by atoms with Crippen molar-refractivity contribution < 1.29 is 9.21 Å². The molecule has 3 heterocycles. The van der Waals surface area contributed by atoms with E-state index in [1.807, 2.05) is 13.0 Å². The fourth-order valence-electron chi connectivity index (χ4n) is 2.80. The number of H-pyrrole nitrogens is 1. The number of aromatic amines is 1. The van der Waals surface area contributed by atoms with Gasteiger partial charge in [0.25, 0.3) is 11.5 Å². The number of thiazole rings is 1. The normalized spacial score (nSPS) is 10.8. The molecular weight excluding hydrogens is 392 g/mol. The zero-order chi connectivity index (χ0) is 20.4. The first-order valence-electron chi connectivity index (χ1n) is 8.73. The van der Waals surface area contributed by atoms with Crippen LogP contribution < -0.4 is 16.6 Å². The van der Waals surface area contributed by atoms with Gasteiger partial charge in [0, 0.05) is 11.1 Å². The summed E-state index contributed by atoms with van der Waals surface area (Å²) in [7, 11) is 0. The van der Waals surface area contributed by atoms with E-state index in [1.54, 1.807) is 42.7 Å². The van der Waals surface area contributed by atoms with Crippen LogP contribution in [-0.2, 0) is 6.54 Å². The van der Waals surface area contributed by atoms with E-state index in [1.165, 1.54) is 11.3 Å². The molecule has 0 bridgehead atoms. The Kier molecular flexibility index (Phi) is 4.96. The Labute approximate surface area is 168 Å². The molecule has 8 nitrogen and oxygen atoms in total. The number of benzene rings is 1. The molecule has 2 N–H and O–H groups in total. The molecule has 0 aliphatic heterocycles. The second-order valence-corrected chi connectivity index (χ2v) is 7.25. The molecule has 4 rings (SSSR count). The largest absolute Gasteiger partial charge is 0.462 e. The Morgan fingerprint density at radius 1 is 1.21 bits per heavy atom. The molecule has 0 unspecified atom stereocenters. The summed E-state index contributed by atoms with van der Waals surface area (Å²) >= 11 is 1.40. The van der Waals surface area contributed by atoms with Gasteiger partial charge < -0.3 is 14.7 Å². The topological polar surface area (TPSA) is 110 Å². The Hall–Kier alpha value is -3.72. The van der Waals surface area contributed by atoms with Gasteiger partial charge in [0.05, 0.1) is 24.2 Å². The van der Waals surface area contributed by atoms with Crippen molar-refractivity contribution in [2.75, 3.05) is 0 Å². The summed E-state index contributed by atoms with van der Waals surface area (Å²) < 4.78 is 6.28. The van der Waals surface area contributed by atoms with Gasteiger partial charge in [0.15, 0.2) is 10.8 Å². The molecule has 1 amide bonds. The lowest BCUT2D eigenvalue weighted by Gasteiger charge is -2.07. The molecular formula is C20H16N4O4S. The van der Waals surface area contributed by atoms with E-state index in [4.69, 9.17) is 4.42 Å². The van der Waals surface area contributed by atoms with E-state index >= 15 is 0 Å². The van der Waals surface area contributed by atoms with Gasteiger partial charge >= 0.3 is 5.69 Å². The summed E-state index contributed by atoms with van der Waals surface area (Å²) in [4.78, 5) is 45.2. The quantitative estimate of drug-likeness (QED) is 0.527. The smallest absolute Gasteiger partial charge is 0.333 e. The number of para-hydroxylation sites is 1. The summed E-state index contributed by atoms with van der Waals surface area (Å²) in [5, 5.41) is 3.43. The number of hydrogen-bond acceptors (Lipinski definition) is 6. The zero-order valence-corrected chi connectivity index (χ0v) is 16.2. The number of carbonyl (C=O) groups is 1. The molecule has 0 spiro atoms.